The molecule has 2 aromatic rings. The van der Waals surface area contributed by atoms with Crippen LogP contribution < -0.4 is 4.72 Å². The van der Waals surface area contributed by atoms with Crippen LogP contribution in [-0.2, 0) is 16.6 Å². The Bertz CT molecular complexity index is 800. The first-order valence-electron chi connectivity index (χ1n) is 5.74. The van der Waals surface area contributed by atoms with Gasteiger partial charge in [0.25, 0.3) is 10.0 Å². The number of hydrogen-bond donors (Lipinski definition) is 2. The molecule has 7 nitrogen and oxygen atoms in total. The molecule has 2 N–H and O–H groups in total. The lowest BCUT2D eigenvalue weighted by molar-refractivity contribution is 0.0656. The minimum absolute atomic E-state index is 0.00283. The summed E-state index contributed by atoms with van der Waals surface area (Å²) in [5.74, 6) is -1.79. The highest BCUT2D eigenvalue weighted by Gasteiger charge is 2.20. The van der Waals surface area contributed by atoms with Gasteiger partial charge in [-0.1, -0.05) is 12.1 Å². The highest BCUT2D eigenvalue weighted by Crippen LogP contribution is 2.14. The summed E-state index contributed by atoms with van der Waals surface area (Å²) in [5, 5.41) is 16.9. The number of carboxylic acid groups (broad SMARTS) is 1. The van der Waals surface area contributed by atoms with E-state index in [0.717, 1.165) is 12.1 Å². The molecule has 21 heavy (non-hydrogen) atoms. The van der Waals surface area contributed by atoms with Crippen LogP contribution in [0, 0.1) is 11.3 Å². The number of aromatic carboxylic acids is 1. The number of carbonyl (C=O) groups is 1. The van der Waals surface area contributed by atoms with Gasteiger partial charge >= 0.3 is 5.97 Å². The van der Waals surface area contributed by atoms with Crippen LogP contribution >= 0.6 is 0 Å². The lowest BCUT2D eigenvalue weighted by Crippen LogP contribution is -2.22. The van der Waals surface area contributed by atoms with E-state index in [1.807, 2.05) is 6.07 Å². The lowest BCUT2D eigenvalue weighted by Gasteiger charge is -2.04. The average Bonchev–Trinajstić information content (AvgIpc) is 2.97. The number of benzene rings is 1. The number of carboxylic acids is 1. The second kappa shape index (κ2) is 5.78. The molecule has 0 spiro atoms. The van der Waals surface area contributed by atoms with Crippen molar-refractivity contribution in [3.63, 3.8) is 0 Å². The Kier molecular flexibility index (Phi) is 4.07. The molecule has 108 valence electrons. The first kappa shape index (κ1) is 14.8. The van der Waals surface area contributed by atoms with Gasteiger partial charge in [0.05, 0.1) is 11.6 Å². The number of nitrogens with zero attached hydrogens (tertiary/aromatic N) is 1. The summed E-state index contributed by atoms with van der Waals surface area (Å²) >= 11 is 0. The summed E-state index contributed by atoms with van der Waals surface area (Å²) in [5.41, 5.74) is 1.13. The third-order valence-electron chi connectivity index (χ3n) is 2.61. The zero-order chi connectivity index (χ0) is 15.5. The van der Waals surface area contributed by atoms with Crippen LogP contribution in [-0.4, -0.2) is 19.5 Å². The van der Waals surface area contributed by atoms with Gasteiger partial charge in [0.15, 0.2) is 0 Å². The molecule has 0 aliphatic carbocycles. The zero-order valence-corrected chi connectivity index (χ0v) is 11.4. The predicted molar refractivity (Wildman–Crippen MR) is 70.8 cm³/mol. The molecule has 1 heterocycles. The Hall–Kier alpha value is -2.63. The molecule has 1 aromatic carbocycles. The highest BCUT2D eigenvalue weighted by molar-refractivity contribution is 7.89. The summed E-state index contributed by atoms with van der Waals surface area (Å²) in [6, 6.07) is 10.5. The molecule has 0 radical (unpaired) electrons. The number of nitriles is 1. The van der Waals surface area contributed by atoms with Gasteiger partial charge in [0.1, 0.15) is 0 Å². The number of nitrogens with one attached hydrogen (secondary N) is 1. The molecule has 0 fully saturated rings. The molecule has 0 saturated heterocycles. The van der Waals surface area contributed by atoms with Crippen LogP contribution in [0.1, 0.15) is 21.7 Å². The second-order valence-electron chi connectivity index (χ2n) is 4.06. The Morgan fingerprint density at radius 3 is 2.43 bits per heavy atom. The highest BCUT2D eigenvalue weighted by atomic mass is 32.2. The van der Waals surface area contributed by atoms with Crippen LogP contribution in [0.4, 0.5) is 0 Å². The predicted octanol–water partition coefficient (Wildman–Crippen LogP) is 1.33. The summed E-state index contributed by atoms with van der Waals surface area (Å²) < 4.78 is 30.9. The van der Waals surface area contributed by atoms with Gasteiger partial charge in [-0.15, -0.1) is 0 Å². The van der Waals surface area contributed by atoms with E-state index in [2.05, 4.69) is 4.72 Å². The molecule has 0 aliphatic rings. The molecule has 2 rings (SSSR count). The Morgan fingerprint density at radius 1 is 1.24 bits per heavy atom. The SMILES string of the molecule is N#Cc1ccc(CNS(=O)(=O)c2ccc(C(=O)O)o2)cc1. The van der Waals surface area contributed by atoms with Gasteiger partial charge in [-0.3, -0.25) is 0 Å². The van der Waals surface area contributed by atoms with E-state index in [0.29, 0.717) is 11.1 Å². The number of furan rings is 1. The fraction of sp³-hybridized carbons (Fsp3) is 0.0769. The minimum atomic E-state index is -3.93. The fourth-order valence-electron chi connectivity index (χ4n) is 1.53. The lowest BCUT2D eigenvalue weighted by atomic mass is 10.1. The Balaban J connectivity index is 2.09. The normalized spacial score (nSPS) is 11.0. The number of sulfonamides is 1. The third kappa shape index (κ3) is 3.47. The van der Waals surface area contributed by atoms with E-state index in [4.69, 9.17) is 14.8 Å². The minimum Gasteiger partial charge on any atom is -0.475 e. The van der Waals surface area contributed by atoms with Crippen molar-refractivity contribution in [1.82, 2.24) is 4.72 Å². The molecular weight excluding hydrogens is 296 g/mol. The second-order valence-corrected chi connectivity index (χ2v) is 5.76. The quantitative estimate of drug-likeness (QED) is 0.859. The van der Waals surface area contributed by atoms with Gasteiger partial charge in [-0.25, -0.2) is 17.9 Å². The molecule has 0 unspecified atom stereocenters. The van der Waals surface area contributed by atoms with Crippen molar-refractivity contribution in [1.29, 1.82) is 5.26 Å². The monoisotopic (exact) mass is 306 g/mol. The van der Waals surface area contributed by atoms with Crippen molar-refractivity contribution in [2.45, 2.75) is 11.6 Å². The van der Waals surface area contributed by atoms with E-state index in [-0.39, 0.29) is 6.54 Å². The van der Waals surface area contributed by atoms with Crippen LogP contribution in [0.15, 0.2) is 45.9 Å². The fourth-order valence-corrected chi connectivity index (χ4v) is 2.47. The van der Waals surface area contributed by atoms with Crippen molar-refractivity contribution >= 4 is 16.0 Å². The van der Waals surface area contributed by atoms with Crippen molar-refractivity contribution < 1.29 is 22.7 Å². The summed E-state index contributed by atoms with van der Waals surface area (Å²) in [6.07, 6.45) is 0. The van der Waals surface area contributed by atoms with E-state index in [1.165, 1.54) is 0 Å². The largest absolute Gasteiger partial charge is 0.475 e. The van der Waals surface area contributed by atoms with Gasteiger partial charge in [-0.2, -0.15) is 5.26 Å². The van der Waals surface area contributed by atoms with Crippen molar-refractivity contribution in [2.75, 3.05) is 0 Å². The molecule has 0 atom stereocenters. The summed E-state index contributed by atoms with van der Waals surface area (Å²) in [7, 11) is -3.93. The third-order valence-corrected chi connectivity index (χ3v) is 3.88. The molecule has 0 saturated carbocycles. The molecule has 0 amide bonds. The van der Waals surface area contributed by atoms with Gasteiger partial charge in [0.2, 0.25) is 10.9 Å². The van der Waals surface area contributed by atoms with Crippen LogP contribution in [0.5, 0.6) is 0 Å². The summed E-state index contributed by atoms with van der Waals surface area (Å²) in [4.78, 5) is 10.6. The Morgan fingerprint density at radius 2 is 1.90 bits per heavy atom. The Labute approximate surface area is 120 Å². The van der Waals surface area contributed by atoms with Crippen LogP contribution in [0.3, 0.4) is 0 Å². The maximum absolute atomic E-state index is 11.9. The molecule has 0 aliphatic heterocycles. The number of rotatable bonds is 5. The maximum Gasteiger partial charge on any atom is 0.371 e. The smallest absolute Gasteiger partial charge is 0.371 e. The maximum atomic E-state index is 11.9. The average molecular weight is 306 g/mol. The van der Waals surface area contributed by atoms with Crippen molar-refractivity contribution in [3.05, 3.63) is 53.3 Å². The zero-order valence-electron chi connectivity index (χ0n) is 10.6. The summed E-state index contributed by atoms with van der Waals surface area (Å²) in [6.45, 7) is -0.00283. The molecule has 1 aromatic heterocycles. The van der Waals surface area contributed by atoms with E-state index >= 15 is 0 Å². The van der Waals surface area contributed by atoms with E-state index in [1.54, 1.807) is 24.3 Å². The van der Waals surface area contributed by atoms with Gasteiger partial charge in [-0.05, 0) is 29.8 Å². The van der Waals surface area contributed by atoms with Crippen LogP contribution in [0.2, 0.25) is 0 Å². The van der Waals surface area contributed by atoms with E-state index < -0.39 is 26.8 Å². The van der Waals surface area contributed by atoms with Crippen LogP contribution in [0.25, 0.3) is 0 Å². The van der Waals surface area contributed by atoms with Gasteiger partial charge < -0.3 is 9.52 Å². The number of hydrogen-bond acceptors (Lipinski definition) is 5. The molecule has 8 heteroatoms. The molecule has 0 bridgehead atoms. The topological polar surface area (TPSA) is 120 Å². The first-order valence-corrected chi connectivity index (χ1v) is 7.22. The van der Waals surface area contributed by atoms with E-state index in [9.17, 15) is 13.2 Å². The van der Waals surface area contributed by atoms with Crippen molar-refractivity contribution in [3.8, 4) is 6.07 Å². The van der Waals surface area contributed by atoms with Gasteiger partial charge in [0, 0.05) is 6.54 Å². The first-order chi connectivity index (χ1) is 9.92. The van der Waals surface area contributed by atoms with Crippen molar-refractivity contribution in [2.24, 2.45) is 0 Å². The standard InChI is InChI=1S/C13H10N2O5S/c14-7-9-1-3-10(4-2-9)8-15-21(18,19)12-6-5-11(20-12)13(16)17/h1-6,15H,8H2,(H,16,17). The molecular formula is C13H10N2O5S.